The Morgan fingerprint density at radius 1 is 0.964 bits per heavy atom. The fourth-order valence-electron chi connectivity index (χ4n) is 5.90. The molecule has 2 bridgehead atoms. The minimum Gasteiger partial charge on any atom is -0.352 e. The first-order valence-electron chi connectivity index (χ1n) is 10.4. The summed E-state index contributed by atoms with van der Waals surface area (Å²) in [5, 5.41) is 1.17. The Kier molecular flexibility index (Phi) is 3.81. The van der Waals surface area contributed by atoms with Crippen molar-refractivity contribution in [3.8, 4) is 11.4 Å². The predicted octanol–water partition coefficient (Wildman–Crippen LogP) is 6.01. The van der Waals surface area contributed by atoms with Crippen molar-refractivity contribution < 1.29 is 0 Å². The zero-order valence-electron chi connectivity index (χ0n) is 17.4. The number of hydrogen-bond acceptors (Lipinski definition) is 3. The van der Waals surface area contributed by atoms with Crippen molar-refractivity contribution >= 4 is 16.7 Å². The van der Waals surface area contributed by atoms with Gasteiger partial charge < -0.3 is 4.90 Å². The molecule has 1 aliphatic heterocycles. The molecule has 2 heterocycles. The van der Waals surface area contributed by atoms with Gasteiger partial charge in [-0.2, -0.15) is 0 Å². The van der Waals surface area contributed by atoms with E-state index >= 15 is 0 Å². The molecule has 0 amide bonds. The average Bonchev–Trinajstić information content (AvgIpc) is 2.89. The smallest absolute Gasteiger partial charge is 0.162 e. The van der Waals surface area contributed by atoms with Crippen LogP contribution in [0.3, 0.4) is 0 Å². The highest BCUT2D eigenvalue weighted by molar-refractivity contribution is 5.91. The molecule has 0 radical (unpaired) electrons. The Labute approximate surface area is 167 Å². The van der Waals surface area contributed by atoms with Gasteiger partial charge in [0.1, 0.15) is 5.82 Å². The van der Waals surface area contributed by atoms with E-state index in [-0.39, 0.29) is 0 Å². The van der Waals surface area contributed by atoms with Crippen LogP contribution in [0.1, 0.15) is 45.6 Å². The Morgan fingerprint density at radius 3 is 2.61 bits per heavy atom. The maximum atomic E-state index is 5.15. The predicted molar refractivity (Wildman–Crippen MR) is 117 cm³/mol. The highest BCUT2D eigenvalue weighted by atomic mass is 15.3. The van der Waals surface area contributed by atoms with E-state index in [4.69, 9.17) is 9.97 Å². The fraction of sp³-hybridized carbons (Fsp3) is 0.440. The molecule has 1 saturated heterocycles. The number of hydrogen-bond donors (Lipinski definition) is 0. The van der Waals surface area contributed by atoms with Gasteiger partial charge >= 0.3 is 0 Å². The van der Waals surface area contributed by atoms with E-state index in [0.29, 0.717) is 16.9 Å². The lowest BCUT2D eigenvalue weighted by molar-refractivity contribution is 0.136. The third-order valence-electron chi connectivity index (χ3n) is 6.55. The van der Waals surface area contributed by atoms with Crippen molar-refractivity contribution in [1.82, 2.24) is 9.97 Å². The summed E-state index contributed by atoms with van der Waals surface area (Å²) in [7, 11) is 0. The second-order valence-corrected chi connectivity index (χ2v) is 10.1. The average molecular weight is 372 g/mol. The van der Waals surface area contributed by atoms with Crippen LogP contribution in [0.4, 0.5) is 5.82 Å². The number of rotatable bonds is 2. The molecule has 144 valence electrons. The molecule has 3 nitrogen and oxygen atoms in total. The lowest BCUT2D eigenvalue weighted by Crippen LogP contribution is -2.35. The number of nitrogens with zero attached hydrogens (tertiary/aromatic N) is 3. The highest BCUT2D eigenvalue weighted by Crippen LogP contribution is 2.53. The van der Waals surface area contributed by atoms with Crippen LogP contribution in [0.5, 0.6) is 0 Å². The van der Waals surface area contributed by atoms with Gasteiger partial charge in [-0.05, 0) is 55.2 Å². The number of anilines is 1. The van der Waals surface area contributed by atoms with Crippen LogP contribution in [0.25, 0.3) is 22.3 Å². The SMILES string of the molecule is Cc1cccc(-c2nc(N3C[C@]4(C)C[C@@H]3CC(C)(C)C4)c3ccccc3n2)c1. The van der Waals surface area contributed by atoms with E-state index in [2.05, 4.69) is 81.1 Å². The number of para-hydroxylation sites is 1. The second-order valence-electron chi connectivity index (χ2n) is 10.1. The molecular formula is C25H29N3. The van der Waals surface area contributed by atoms with Crippen molar-refractivity contribution in [2.45, 2.75) is 53.0 Å². The van der Waals surface area contributed by atoms with Crippen LogP contribution in [0, 0.1) is 17.8 Å². The molecular weight excluding hydrogens is 342 g/mol. The molecule has 0 N–H and O–H groups in total. The quantitative estimate of drug-likeness (QED) is 0.552. The van der Waals surface area contributed by atoms with Crippen LogP contribution in [-0.4, -0.2) is 22.6 Å². The van der Waals surface area contributed by atoms with Gasteiger partial charge in [-0.1, -0.05) is 56.7 Å². The summed E-state index contributed by atoms with van der Waals surface area (Å²) in [6.07, 6.45) is 3.80. The molecule has 2 fully saturated rings. The lowest BCUT2D eigenvalue weighted by atomic mass is 9.65. The summed E-state index contributed by atoms with van der Waals surface area (Å²) in [5.74, 6) is 1.96. The molecule has 1 saturated carbocycles. The zero-order chi connectivity index (χ0) is 19.5. The molecule has 1 aromatic heterocycles. The normalized spacial score (nSPS) is 26.0. The Bertz CT molecular complexity index is 1050. The van der Waals surface area contributed by atoms with Gasteiger partial charge in [0.2, 0.25) is 0 Å². The molecule has 2 atom stereocenters. The molecule has 0 spiro atoms. The molecule has 28 heavy (non-hydrogen) atoms. The minimum atomic E-state index is 0.377. The molecule has 0 unspecified atom stereocenters. The van der Waals surface area contributed by atoms with Gasteiger partial charge in [-0.15, -0.1) is 0 Å². The van der Waals surface area contributed by atoms with Crippen molar-refractivity contribution in [1.29, 1.82) is 0 Å². The third-order valence-corrected chi connectivity index (χ3v) is 6.55. The number of aromatic nitrogens is 2. The summed E-state index contributed by atoms with van der Waals surface area (Å²) in [5.41, 5.74) is 4.15. The number of benzene rings is 2. The van der Waals surface area contributed by atoms with Crippen LogP contribution >= 0.6 is 0 Å². The molecule has 3 aromatic rings. The summed E-state index contributed by atoms with van der Waals surface area (Å²) in [6.45, 7) is 10.5. The van der Waals surface area contributed by atoms with Crippen LogP contribution in [0.15, 0.2) is 48.5 Å². The highest BCUT2D eigenvalue weighted by Gasteiger charge is 2.50. The standard InChI is InChI=1S/C25H29N3/c1-17-8-7-9-18(12-17)22-26-21-11-6-5-10-20(21)23(27-22)28-16-25(4)14-19(28)13-24(2,3)15-25/h5-12,19H,13-16H2,1-4H3/t19-,25+/m0/s1. The maximum absolute atomic E-state index is 5.15. The van der Waals surface area contributed by atoms with E-state index in [0.717, 1.165) is 29.3 Å². The van der Waals surface area contributed by atoms with E-state index in [9.17, 15) is 0 Å². The topological polar surface area (TPSA) is 29.0 Å². The molecule has 5 rings (SSSR count). The number of aryl methyl sites for hydroxylation is 1. The van der Waals surface area contributed by atoms with Crippen molar-refractivity contribution in [2.75, 3.05) is 11.4 Å². The van der Waals surface area contributed by atoms with Crippen molar-refractivity contribution in [3.63, 3.8) is 0 Å². The van der Waals surface area contributed by atoms with Gasteiger partial charge in [0.05, 0.1) is 5.52 Å². The first-order valence-corrected chi connectivity index (χ1v) is 10.4. The largest absolute Gasteiger partial charge is 0.352 e. The monoisotopic (exact) mass is 371 g/mol. The Balaban J connectivity index is 1.67. The Hall–Kier alpha value is -2.42. The summed E-state index contributed by atoms with van der Waals surface area (Å²) >= 11 is 0. The summed E-state index contributed by atoms with van der Waals surface area (Å²) in [4.78, 5) is 12.7. The van der Waals surface area contributed by atoms with Crippen LogP contribution in [0.2, 0.25) is 0 Å². The van der Waals surface area contributed by atoms with E-state index in [1.807, 2.05) is 0 Å². The van der Waals surface area contributed by atoms with Crippen molar-refractivity contribution in [2.24, 2.45) is 10.8 Å². The van der Waals surface area contributed by atoms with Gasteiger partial charge in [0.15, 0.2) is 5.82 Å². The van der Waals surface area contributed by atoms with Crippen molar-refractivity contribution in [3.05, 3.63) is 54.1 Å². The van der Waals surface area contributed by atoms with E-state index in [1.54, 1.807) is 0 Å². The zero-order valence-corrected chi connectivity index (χ0v) is 17.4. The minimum absolute atomic E-state index is 0.377. The third kappa shape index (κ3) is 2.97. The van der Waals surface area contributed by atoms with Gasteiger partial charge in [-0.3, -0.25) is 0 Å². The molecule has 2 aliphatic rings. The summed E-state index contributed by atoms with van der Waals surface area (Å²) in [6, 6.07) is 17.6. The van der Waals surface area contributed by atoms with Gasteiger partial charge in [-0.25, -0.2) is 9.97 Å². The Morgan fingerprint density at radius 2 is 1.79 bits per heavy atom. The molecule has 2 aromatic carbocycles. The molecule has 3 heteroatoms. The second kappa shape index (κ2) is 6.04. The molecule has 1 aliphatic carbocycles. The number of fused-ring (bicyclic) bond motifs is 3. The maximum Gasteiger partial charge on any atom is 0.162 e. The van der Waals surface area contributed by atoms with Crippen LogP contribution < -0.4 is 4.90 Å². The van der Waals surface area contributed by atoms with E-state index < -0.39 is 0 Å². The van der Waals surface area contributed by atoms with Gasteiger partial charge in [0.25, 0.3) is 0 Å². The van der Waals surface area contributed by atoms with E-state index in [1.165, 1.54) is 30.2 Å². The first-order chi connectivity index (χ1) is 13.3. The lowest BCUT2D eigenvalue weighted by Gasteiger charge is -2.39. The van der Waals surface area contributed by atoms with Crippen LogP contribution in [-0.2, 0) is 0 Å². The summed E-state index contributed by atoms with van der Waals surface area (Å²) < 4.78 is 0. The first kappa shape index (κ1) is 17.7. The van der Waals surface area contributed by atoms with Gasteiger partial charge in [0, 0.05) is 23.5 Å². The fourth-order valence-corrected chi connectivity index (χ4v) is 5.90.